The van der Waals surface area contributed by atoms with Gasteiger partial charge in [0, 0.05) is 42.5 Å². The molecule has 8 heteroatoms. The normalized spacial score (nSPS) is 10.8. The largest absolute Gasteiger partial charge is 0.438 e. The van der Waals surface area contributed by atoms with Crippen molar-refractivity contribution in [2.24, 2.45) is 7.05 Å². The highest BCUT2D eigenvalue weighted by atomic mass is 16.5. The highest BCUT2D eigenvalue weighted by Crippen LogP contribution is 2.30. The Balaban J connectivity index is 1.47. The van der Waals surface area contributed by atoms with Crippen molar-refractivity contribution in [2.45, 2.75) is 6.92 Å². The molecule has 0 spiro atoms. The number of aryl methyl sites for hydroxylation is 2. The number of carbonyl (C=O) groups excluding carboxylic acids is 1. The fourth-order valence-electron chi connectivity index (χ4n) is 3.44. The second-order valence-corrected chi connectivity index (χ2v) is 7.58. The first kappa shape index (κ1) is 20.3. The van der Waals surface area contributed by atoms with Gasteiger partial charge in [-0.05, 0) is 55.0 Å². The predicted molar refractivity (Wildman–Crippen MR) is 125 cm³/mol. The highest BCUT2D eigenvalue weighted by molar-refractivity contribution is 6.04. The molecule has 0 radical (unpaired) electrons. The van der Waals surface area contributed by atoms with Crippen molar-refractivity contribution in [1.29, 1.82) is 0 Å². The molecule has 5 aromatic rings. The number of fused-ring (bicyclic) bond motifs is 1. The summed E-state index contributed by atoms with van der Waals surface area (Å²) in [5.41, 5.74) is 3.59. The quantitative estimate of drug-likeness (QED) is 0.426. The van der Waals surface area contributed by atoms with Gasteiger partial charge in [-0.25, -0.2) is 4.98 Å². The van der Waals surface area contributed by atoms with Gasteiger partial charge in [-0.1, -0.05) is 18.2 Å². The molecule has 2 aromatic carbocycles. The Morgan fingerprint density at radius 1 is 1.00 bits per heavy atom. The molecule has 0 saturated carbocycles. The van der Waals surface area contributed by atoms with Gasteiger partial charge in [-0.2, -0.15) is 10.1 Å². The molecule has 0 unspecified atom stereocenters. The van der Waals surface area contributed by atoms with Crippen LogP contribution in [0.15, 0.2) is 79.3 Å². The Bertz CT molecular complexity index is 1460. The minimum absolute atomic E-state index is 0.224. The van der Waals surface area contributed by atoms with E-state index in [1.165, 1.54) is 0 Å². The second-order valence-electron chi connectivity index (χ2n) is 7.58. The van der Waals surface area contributed by atoms with Gasteiger partial charge in [-0.15, -0.1) is 0 Å². The van der Waals surface area contributed by atoms with Gasteiger partial charge in [-0.3, -0.25) is 14.5 Å². The number of hydrogen-bond donors (Lipinski definition) is 1. The van der Waals surface area contributed by atoms with Gasteiger partial charge in [0.2, 0.25) is 5.88 Å². The first-order valence-electron chi connectivity index (χ1n) is 10.3. The maximum absolute atomic E-state index is 12.8. The summed E-state index contributed by atoms with van der Waals surface area (Å²) < 4.78 is 7.79. The molecule has 0 aliphatic rings. The van der Waals surface area contributed by atoms with E-state index in [0.29, 0.717) is 34.1 Å². The number of nitrogens with zero attached hydrogens (tertiary/aromatic N) is 5. The van der Waals surface area contributed by atoms with Crippen LogP contribution in [0.5, 0.6) is 11.6 Å². The zero-order chi connectivity index (χ0) is 22.8. The van der Waals surface area contributed by atoms with Crippen LogP contribution >= 0.6 is 0 Å². The van der Waals surface area contributed by atoms with Crippen LogP contribution in [0, 0.1) is 6.92 Å². The third-order valence-corrected chi connectivity index (χ3v) is 4.98. The van der Waals surface area contributed by atoms with Crippen LogP contribution in [0.25, 0.3) is 22.4 Å². The lowest BCUT2D eigenvalue weighted by Crippen LogP contribution is -2.11. The van der Waals surface area contributed by atoms with E-state index in [-0.39, 0.29) is 5.91 Å². The molecular formula is C25H20N6O2. The van der Waals surface area contributed by atoms with E-state index >= 15 is 0 Å². The lowest BCUT2D eigenvalue weighted by atomic mass is 10.2. The van der Waals surface area contributed by atoms with Crippen LogP contribution in [0.3, 0.4) is 0 Å². The van der Waals surface area contributed by atoms with Crippen LogP contribution in [-0.2, 0) is 7.05 Å². The molecule has 1 amide bonds. The summed E-state index contributed by atoms with van der Waals surface area (Å²) in [4.78, 5) is 26.0. The summed E-state index contributed by atoms with van der Waals surface area (Å²) in [7, 11) is 1.81. The van der Waals surface area contributed by atoms with Crippen molar-refractivity contribution in [2.75, 3.05) is 5.32 Å². The van der Waals surface area contributed by atoms with Crippen LogP contribution in [0.1, 0.15) is 15.9 Å². The van der Waals surface area contributed by atoms with Crippen molar-refractivity contribution in [1.82, 2.24) is 24.7 Å². The summed E-state index contributed by atoms with van der Waals surface area (Å²) in [6.07, 6.45) is 5.16. The zero-order valence-electron chi connectivity index (χ0n) is 18.1. The van der Waals surface area contributed by atoms with E-state index in [2.05, 4.69) is 25.4 Å². The maximum Gasteiger partial charge on any atom is 0.255 e. The number of aromatic nitrogens is 5. The Morgan fingerprint density at radius 3 is 2.64 bits per heavy atom. The second kappa shape index (κ2) is 8.51. The number of carbonyl (C=O) groups is 1. The Morgan fingerprint density at radius 2 is 1.82 bits per heavy atom. The fourth-order valence-corrected chi connectivity index (χ4v) is 3.44. The summed E-state index contributed by atoms with van der Waals surface area (Å²) in [6.45, 7) is 1.98. The van der Waals surface area contributed by atoms with Gasteiger partial charge in [0.25, 0.3) is 5.91 Å². The number of nitrogens with one attached hydrogen (secondary N) is 1. The van der Waals surface area contributed by atoms with E-state index < -0.39 is 0 Å². The molecule has 162 valence electrons. The van der Waals surface area contributed by atoms with Gasteiger partial charge < -0.3 is 10.1 Å². The molecule has 3 heterocycles. The number of anilines is 1. The van der Waals surface area contributed by atoms with Crippen LogP contribution < -0.4 is 10.1 Å². The third kappa shape index (κ3) is 4.40. The Hall–Kier alpha value is -4.59. The lowest BCUT2D eigenvalue weighted by molar-refractivity contribution is 0.102. The van der Waals surface area contributed by atoms with E-state index in [1.54, 1.807) is 47.5 Å². The standard InChI is InChI=1S/C25H20N6O2/c1-16-5-3-7-19(13-16)27-24(32)18-6-4-8-20(14-18)33-25-21-15-31(2)30-23(21)28-22(29-25)17-9-11-26-12-10-17/h3-15H,1-2H3,(H,27,32). The summed E-state index contributed by atoms with van der Waals surface area (Å²) in [5, 5.41) is 7.99. The van der Waals surface area contributed by atoms with Crippen LogP contribution in [-0.4, -0.2) is 30.6 Å². The van der Waals surface area contributed by atoms with Gasteiger partial charge in [0.15, 0.2) is 11.5 Å². The lowest BCUT2D eigenvalue weighted by Gasteiger charge is -2.10. The molecule has 0 bridgehead atoms. The number of hydrogen-bond acceptors (Lipinski definition) is 6. The third-order valence-electron chi connectivity index (χ3n) is 4.98. The first-order valence-corrected chi connectivity index (χ1v) is 10.3. The van der Waals surface area contributed by atoms with Crippen molar-refractivity contribution in [3.63, 3.8) is 0 Å². The predicted octanol–water partition coefficient (Wildman–Crippen LogP) is 4.78. The molecule has 8 nitrogen and oxygen atoms in total. The van der Waals surface area contributed by atoms with Crippen molar-refractivity contribution in [3.8, 4) is 23.0 Å². The molecule has 3 aromatic heterocycles. The highest BCUT2D eigenvalue weighted by Gasteiger charge is 2.15. The summed E-state index contributed by atoms with van der Waals surface area (Å²) in [6, 6.07) is 18.3. The maximum atomic E-state index is 12.8. The topological polar surface area (TPSA) is 94.8 Å². The molecule has 1 N–H and O–H groups in total. The number of pyridine rings is 1. The Kier molecular flexibility index (Phi) is 5.24. The minimum Gasteiger partial charge on any atom is -0.438 e. The van der Waals surface area contributed by atoms with Gasteiger partial charge in [0.1, 0.15) is 11.1 Å². The molecule has 0 fully saturated rings. The average molecular weight is 436 g/mol. The van der Waals surface area contributed by atoms with Crippen molar-refractivity contribution in [3.05, 3.63) is 90.4 Å². The SMILES string of the molecule is Cc1cccc(NC(=O)c2cccc(Oc3nc(-c4ccncc4)nc4nn(C)cc34)c2)c1. The van der Waals surface area contributed by atoms with Crippen molar-refractivity contribution >= 4 is 22.6 Å². The smallest absolute Gasteiger partial charge is 0.255 e. The molecule has 5 rings (SSSR count). The monoisotopic (exact) mass is 436 g/mol. The van der Waals surface area contributed by atoms with Gasteiger partial charge in [0.05, 0.1) is 0 Å². The molecule has 0 aliphatic carbocycles. The fraction of sp³-hybridized carbons (Fsp3) is 0.0800. The molecule has 0 aliphatic heterocycles. The molecular weight excluding hydrogens is 416 g/mol. The van der Waals surface area contributed by atoms with Crippen LogP contribution in [0.2, 0.25) is 0 Å². The molecule has 33 heavy (non-hydrogen) atoms. The number of amides is 1. The van der Waals surface area contributed by atoms with Crippen molar-refractivity contribution < 1.29 is 9.53 Å². The van der Waals surface area contributed by atoms with Crippen LogP contribution in [0.4, 0.5) is 5.69 Å². The van der Waals surface area contributed by atoms with E-state index in [4.69, 9.17) is 4.74 Å². The minimum atomic E-state index is -0.224. The average Bonchev–Trinajstić information content (AvgIpc) is 3.20. The van der Waals surface area contributed by atoms with E-state index in [0.717, 1.165) is 16.8 Å². The van der Waals surface area contributed by atoms with E-state index in [1.807, 2.05) is 50.4 Å². The first-order chi connectivity index (χ1) is 16.0. The molecule has 0 atom stereocenters. The molecule has 0 saturated heterocycles. The van der Waals surface area contributed by atoms with Gasteiger partial charge >= 0.3 is 0 Å². The number of benzene rings is 2. The number of ether oxygens (including phenoxy) is 1. The zero-order valence-corrected chi connectivity index (χ0v) is 18.1. The van der Waals surface area contributed by atoms with E-state index in [9.17, 15) is 4.79 Å². The summed E-state index contributed by atoms with van der Waals surface area (Å²) in [5.74, 6) is 1.09. The Labute approximate surface area is 189 Å². The summed E-state index contributed by atoms with van der Waals surface area (Å²) >= 11 is 0. The number of rotatable bonds is 5.